The maximum absolute atomic E-state index is 12.3. The number of hydrogen-bond donors (Lipinski definition) is 4. The van der Waals surface area contributed by atoms with E-state index in [1.165, 1.54) is 0 Å². The van der Waals surface area contributed by atoms with Crippen LogP contribution in [-0.4, -0.2) is 37.7 Å². The van der Waals surface area contributed by atoms with Gasteiger partial charge in [0, 0.05) is 41.5 Å². The third kappa shape index (κ3) is 4.87. The first-order valence-electron chi connectivity index (χ1n) is 12.8. The maximum atomic E-state index is 12.3. The lowest BCUT2D eigenvalue weighted by atomic mass is 9.94. The second kappa shape index (κ2) is 10.2. The number of rotatable bonds is 8. The van der Waals surface area contributed by atoms with Crippen molar-refractivity contribution < 1.29 is 14.4 Å². The minimum Gasteiger partial charge on any atom is -0.394 e. The molecule has 0 spiro atoms. The van der Waals surface area contributed by atoms with E-state index in [0.29, 0.717) is 28.5 Å². The average molecular weight is 534 g/mol. The van der Waals surface area contributed by atoms with Crippen molar-refractivity contribution in [3.63, 3.8) is 0 Å². The fraction of sp³-hybridized carbons (Fsp3) is 0.167. The van der Waals surface area contributed by atoms with Crippen molar-refractivity contribution in [3.8, 4) is 22.8 Å². The number of nitrogens with one attached hydrogen (secondary N) is 3. The Morgan fingerprint density at radius 1 is 1.02 bits per heavy atom. The van der Waals surface area contributed by atoms with Gasteiger partial charge < -0.3 is 25.6 Å². The zero-order chi connectivity index (χ0) is 27.7. The Kier molecular flexibility index (Phi) is 6.45. The summed E-state index contributed by atoms with van der Waals surface area (Å²) in [6, 6.07) is 20.3. The average Bonchev–Trinajstić information content (AvgIpc) is 3.55. The second-order valence-electron chi connectivity index (χ2n) is 10.0. The van der Waals surface area contributed by atoms with Gasteiger partial charge in [-0.3, -0.25) is 9.78 Å². The van der Waals surface area contributed by atoms with Gasteiger partial charge in [-0.05, 0) is 55.3 Å². The monoisotopic (exact) mass is 533 g/mol. The Hall–Kier alpha value is -5.09. The molecule has 2 aromatic carbocycles. The quantitative estimate of drug-likeness (QED) is 0.216. The number of hydrogen-bond acceptors (Lipinski definition) is 9. The zero-order valence-electron chi connectivity index (χ0n) is 21.9. The summed E-state index contributed by atoms with van der Waals surface area (Å²) in [5, 5.41) is 24.1. The lowest BCUT2D eigenvalue weighted by Gasteiger charge is -2.21. The predicted octanol–water partition coefficient (Wildman–Crippen LogP) is 5.06. The Morgan fingerprint density at radius 3 is 2.60 bits per heavy atom. The molecule has 6 rings (SSSR count). The van der Waals surface area contributed by atoms with Gasteiger partial charge >= 0.3 is 0 Å². The molecule has 0 saturated heterocycles. The smallest absolute Gasteiger partial charge is 0.261 e. The molecule has 3 aromatic heterocycles. The predicted molar refractivity (Wildman–Crippen MR) is 151 cm³/mol. The molecule has 0 fully saturated rings. The van der Waals surface area contributed by atoms with Crippen LogP contribution >= 0.6 is 0 Å². The Balaban J connectivity index is 1.36. The second-order valence-corrected chi connectivity index (χ2v) is 10.0. The lowest BCUT2D eigenvalue weighted by molar-refractivity contribution is 0.0940. The van der Waals surface area contributed by atoms with Crippen molar-refractivity contribution in [2.75, 3.05) is 17.2 Å². The zero-order valence-corrected chi connectivity index (χ0v) is 21.9. The molecule has 5 aromatic rings. The standard InChI is InChI=1S/C30H27N7O3/c1-30(2)23-14-20(8-9-21(23)28(39)36-30)33-26-15-24(34-25(17-38)18-6-4-3-5-7-18)22(16-32-26)29-35-27(37-40-29)19-10-12-31-13-11-19/h3-16,25,38H,17H2,1-2H3,(H,36,39)(H2,32,33,34)/t25-/m1/s1. The fourth-order valence-corrected chi connectivity index (χ4v) is 4.78. The number of aliphatic hydroxyl groups excluding tert-OH is 1. The van der Waals surface area contributed by atoms with Gasteiger partial charge in [-0.2, -0.15) is 4.98 Å². The SMILES string of the molecule is CC1(C)NC(=O)c2ccc(Nc3cc(N[C@H](CO)c4ccccc4)c(-c4nc(-c5ccncc5)no4)cn3)cc21. The Labute approximate surface area is 230 Å². The number of nitrogens with zero attached hydrogens (tertiary/aromatic N) is 4. The molecule has 40 heavy (non-hydrogen) atoms. The molecule has 1 aliphatic heterocycles. The highest BCUT2D eigenvalue weighted by molar-refractivity contribution is 6.00. The number of carbonyl (C=O) groups is 1. The highest BCUT2D eigenvalue weighted by atomic mass is 16.5. The van der Waals surface area contributed by atoms with Crippen LogP contribution in [0.4, 0.5) is 17.2 Å². The number of amides is 1. The van der Waals surface area contributed by atoms with Gasteiger partial charge in [-0.25, -0.2) is 4.98 Å². The van der Waals surface area contributed by atoms with Crippen molar-refractivity contribution >= 4 is 23.1 Å². The van der Waals surface area contributed by atoms with E-state index in [2.05, 4.69) is 36.1 Å². The van der Waals surface area contributed by atoms with Crippen LogP contribution in [-0.2, 0) is 5.54 Å². The molecule has 1 amide bonds. The minimum absolute atomic E-state index is 0.0813. The fourth-order valence-electron chi connectivity index (χ4n) is 4.78. The number of carbonyl (C=O) groups excluding carboxylic acids is 1. The van der Waals surface area contributed by atoms with Crippen molar-refractivity contribution in [1.29, 1.82) is 0 Å². The lowest BCUT2D eigenvalue weighted by Crippen LogP contribution is -2.32. The number of aliphatic hydroxyl groups is 1. The van der Waals surface area contributed by atoms with E-state index >= 15 is 0 Å². The first-order valence-corrected chi connectivity index (χ1v) is 12.8. The topological polar surface area (TPSA) is 138 Å². The van der Waals surface area contributed by atoms with Crippen LogP contribution < -0.4 is 16.0 Å². The molecule has 0 saturated carbocycles. The maximum Gasteiger partial charge on any atom is 0.261 e. The number of aromatic nitrogens is 4. The molecular formula is C30H27N7O3. The highest BCUT2D eigenvalue weighted by Crippen LogP contribution is 2.35. The molecule has 1 aliphatic rings. The molecule has 200 valence electrons. The van der Waals surface area contributed by atoms with E-state index < -0.39 is 11.6 Å². The summed E-state index contributed by atoms with van der Waals surface area (Å²) in [4.78, 5) is 25.5. The summed E-state index contributed by atoms with van der Waals surface area (Å²) in [5.74, 6) is 1.18. The van der Waals surface area contributed by atoms with Crippen LogP contribution in [0.1, 0.15) is 41.4 Å². The van der Waals surface area contributed by atoms with E-state index in [0.717, 1.165) is 22.4 Å². The first kappa shape index (κ1) is 25.2. The summed E-state index contributed by atoms with van der Waals surface area (Å²) < 4.78 is 5.62. The van der Waals surface area contributed by atoms with Gasteiger partial charge in [0.25, 0.3) is 11.8 Å². The van der Waals surface area contributed by atoms with Crippen molar-refractivity contribution in [1.82, 2.24) is 25.4 Å². The number of fused-ring (bicyclic) bond motifs is 1. The van der Waals surface area contributed by atoms with Crippen molar-refractivity contribution in [2.24, 2.45) is 0 Å². The third-order valence-corrected chi connectivity index (χ3v) is 6.85. The van der Waals surface area contributed by atoms with Crippen LogP contribution in [0.15, 0.2) is 89.8 Å². The summed E-state index contributed by atoms with van der Waals surface area (Å²) in [7, 11) is 0. The first-order chi connectivity index (χ1) is 19.4. The summed E-state index contributed by atoms with van der Waals surface area (Å²) in [6.45, 7) is 3.80. The molecule has 1 atom stereocenters. The van der Waals surface area contributed by atoms with Crippen LogP contribution in [0.2, 0.25) is 0 Å². The Bertz CT molecular complexity index is 1670. The van der Waals surface area contributed by atoms with Gasteiger partial charge in [0.2, 0.25) is 5.82 Å². The van der Waals surface area contributed by atoms with Crippen LogP contribution in [0.3, 0.4) is 0 Å². The molecule has 0 radical (unpaired) electrons. The minimum atomic E-state index is -0.470. The largest absolute Gasteiger partial charge is 0.394 e. The van der Waals surface area contributed by atoms with Crippen LogP contribution in [0, 0.1) is 0 Å². The third-order valence-electron chi connectivity index (χ3n) is 6.85. The van der Waals surface area contributed by atoms with E-state index in [4.69, 9.17) is 4.52 Å². The van der Waals surface area contributed by atoms with Gasteiger partial charge in [0.1, 0.15) is 5.82 Å². The van der Waals surface area contributed by atoms with Crippen molar-refractivity contribution in [3.05, 3.63) is 102 Å². The highest BCUT2D eigenvalue weighted by Gasteiger charge is 2.35. The van der Waals surface area contributed by atoms with Gasteiger partial charge in [-0.1, -0.05) is 35.5 Å². The molecular weight excluding hydrogens is 506 g/mol. The summed E-state index contributed by atoms with van der Waals surface area (Å²) in [5.41, 5.74) is 4.81. The molecule has 0 aliphatic carbocycles. The van der Waals surface area contributed by atoms with Crippen LogP contribution in [0.25, 0.3) is 22.8 Å². The molecule has 4 N–H and O–H groups in total. The normalized spacial score (nSPS) is 14.3. The van der Waals surface area contributed by atoms with Gasteiger partial charge in [0.15, 0.2) is 0 Å². The van der Waals surface area contributed by atoms with Crippen LogP contribution in [0.5, 0.6) is 0 Å². The Morgan fingerprint density at radius 2 is 1.82 bits per heavy atom. The summed E-state index contributed by atoms with van der Waals surface area (Å²) in [6.07, 6.45) is 4.98. The van der Waals surface area contributed by atoms with Gasteiger partial charge in [-0.15, -0.1) is 0 Å². The molecule has 0 bridgehead atoms. The number of benzene rings is 2. The molecule has 10 nitrogen and oxygen atoms in total. The van der Waals surface area contributed by atoms with E-state index in [1.807, 2.05) is 68.4 Å². The van der Waals surface area contributed by atoms with E-state index in [1.54, 1.807) is 30.7 Å². The molecule has 4 heterocycles. The summed E-state index contributed by atoms with van der Waals surface area (Å²) >= 11 is 0. The van der Waals surface area contributed by atoms with Crippen molar-refractivity contribution in [2.45, 2.75) is 25.4 Å². The number of pyridine rings is 2. The molecule has 0 unspecified atom stereocenters. The van der Waals surface area contributed by atoms with E-state index in [-0.39, 0.29) is 18.4 Å². The number of anilines is 3. The van der Waals surface area contributed by atoms with Gasteiger partial charge in [0.05, 0.1) is 29.4 Å². The molecule has 10 heteroatoms. The van der Waals surface area contributed by atoms with E-state index in [9.17, 15) is 9.90 Å².